The first-order valence-electron chi connectivity index (χ1n) is 5.45. The fourth-order valence-electron chi connectivity index (χ4n) is 2.16. The van der Waals surface area contributed by atoms with Crippen molar-refractivity contribution in [2.75, 3.05) is 34.8 Å². The predicted octanol–water partition coefficient (Wildman–Crippen LogP) is 0.260. The van der Waals surface area contributed by atoms with Gasteiger partial charge >= 0.3 is 0 Å². The van der Waals surface area contributed by atoms with Crippen LogP contribution < -0.4 is 0 Å². The minimum absolute atomic E-state index is 0.178. The van der Waals surface area contributed by atoms with Gasteiger partial charge in [-0.2, -0.15) is 0 Å². The van der Waals surface area contributed by atoms with Gasteiger partial charge in [-0.05, 0) is 33.8 Å². The Balaban J connectivity index is 3.21. The van der Waals surface area contributed by atoms with Gasteiger partial charge in [0, 0.05) is 0 Å². The molecule has 0 radical (unpaired) electrons. The van der Waals surface area contributed by atoms with E-state index in [1.165, 1.54) is 5.56 Å². The second-order valence-electron chi connectivity index (χ2n) is 4.40. The first kappa shape index (κ1) is 13.4. The molecule has 1 rings (SSSR count). The zero-order chi connectivity index (χ0) is 12.2. The Hall–Kier alpha value is -0.683. The van der Waals surface area contributed by atoms with E-state index in [1.807, 2.05) is 6.07 Å². The smallest absolute Gasteiger partial charge is 0.146 e. The monoisotopic (exact) mass is 238 g/mol. The summed E-state index contributed by atoms with van der Waals surface area (Å²) in [6.07, 6.45) is 0. The molecule has 0 spiro atoms. The molecule has 4 heteroatoms. The van der Waals surface area contributed by atoms with Gasteiger partial charge in [-0.25, -0.2) is 0 Å². The van der Waals surface area contributed by atoms with Crippen LogP contribution in [-0.2, 0) is 10.1 Å². The normalized spacial score (nSPS) is 12.6. The standard InChI is InChI=1S/C12H22N2OSi/c1-13(2)12(10-15-16,14(3)4)11-8-6-5-7-9-11/h5-9H,10H2,1-4,16H3. The van der Waals surface area contributed by atoms with Crippen LogP contribution in [0.4, 0.5) is 0 Å². The van der Waals surface area contributed by atoms with E-state index in [2.05, 4.69) is 62.3 Å². The lowest BCUT2D eigenvalue weighted by atomic mass is 9.97. The molecule has 0 aliphatic heterocycles. The van der Waals surface area contributed by atoms with E-state index in [9.17, 15) is 0 Å². The molecule has 0 aromatic heterocycles. The van der Waals surface area contributed by atoms with Crippen molar-refractivity contribution in [3.05, 3.63) is 35.9 Å². The number of rotatable bonds is 5. The van der Waals surface area contributed by atoms with Crippen LogP contribution in [0.1, 0.15) is 5.56 Å². The maximum atomic E-state index is 5.54. The highest BCUT2D eigenvalue weighted by molar-refractivity contribution is 5.98. The van der Waals surface area contributed by atoms with Gasteiger partial charge < -0.3 is 4.43 Å². The minimum Gasteiger partial charge on any atom is -0.424 e. The molecule has 0 aliphatic rings. The number of likely N-dealkylation sites (N-methyl/N-ethyl adjacent to an activating group) is 2. The summed E-state index contributed by atoms with van der Waals surface area (Å²) in [7, 11) is 9.12. The molecular weight excluding hydrogens is 216 g/mol. The molecule has 0 bridgehead atoms. The van der Waals surface area contributed by atoms with Gasteiger partial charge in [0.2, 0.25) is 0 Å². The van der Waals surface area contributed by atoms with Crippen molar-refractivity contribution in [3.63, 3.8) is 0 Å². The summed E-state index contributed by atoms with van der Waals surface area (Å²) in [6.45, 7) is 0.698. The third kappa shape index (κ3) is 2.35. The number of nitrogens with zero attached hydrogens (tertiary/aromatic N) is 2. The van der Waals surface area contributed by atoms with E-state index in [1.54, 1.807) is 0 Å². The molecular formula is C12H22N2OSi. The van der Waals surface area contributed by atoms with Crippen molar-refractivity contribution in [2.24, 2.45) is 0 Å². The summed E-state index contributed by atoms with van der Waals surface area (Å²) in [5.74, 6) is 0. The molecule has 0 aliphatic carbocycles. The van der Waals surface area contributed by atoms with Crippen molar-refractivity contribution < 1.29 is 4.43 Å². The third-order valence-electron chi connectivity index (χ3n) is 3.06. The van der Waals surface area contributed by atoms with E-state index < -0.39 is 0 Å². The largest absolute Gasteiger partial charge is 0.424 e. The highest BCUT2D eigenvalue weighted by atomic mass is 28.2. The summed E-state index contributed by atoms with van der Waals surface area (Å²) in [5.41, 5.74) is 1.09. The van der Waals surface area contributed by atoms with Crippen LogP contribution in [0.5, 0.6) is 0 Å². The molecule has 0 fully saturated rings. The van der Waals surface area contributed by atoms with Crippen LogP contribution in [0.15, 0.2) is 30.3 Å². The van der Waals surface area contributed by atoms with Gasteiger partial charge in [-0.15, -0.1) is 0 Å². The average Bonchev–Trinajstić information content (AvgIpc) is 2.26. The first-order chi connectivity index (χ1) is 7.55. The summed E-state index contributed by atoms with van der Waals surface area (Å²) in [4.78, 5) is 4.42. The van der Waals surface area contributed by atoms with E-state index in [0.717, 1.165) is 10.5 Å². The highest BCUT2D eigenvalue weighted by Crippen LogP contribution is 2.28. The molecule has 0 N–H and O–H groups in total. The van der Waals surface area contributed by atoms with E-state index in [4.69, 9.17) is 4.43 Å². The van der Waals surface area contributed by atoms with Crippen LogP contribution in [0.3, 0.4) is 0 Å². The second-order valence-corrected chi connectivity index (χ2v) is 4.98. The lowest BCUT2D eigenvalue weighted by molar-refractivity contribution is -0.0380. The Kier molecular flexibility index (Phi) is 4.67. The van der Waals surface area contributed by atoms with Crippen molar-refractivity contribution >= 4 is 10.5 Å². The Morgan fingerprint density at radius 1 is 1.06 bits per heavy atom. The molecule has 1 aromatic carbocycles. The maximum absolute atomic E-state index is 5.54. The summed E-state index contributed by atoms with van der Waals surface area (Å²) < 4.78 is 5.54. The van der Waals surface area contributed by atoms with Gasteiger partial charge in [-0.3, -0.25) is 9.80 Å². The maximum Gasteiger partial charge on any atom is 0.146 e. The van der Waals surface area contributed by atoms with Crippen LogP contribution in [0.2, 0.25) is 0 Å². The van der Waals surface area contributed by atoms with Crippen LogP contribution >= 0.6 is 0 Å². The molecule has 0 heterocycles. The Bertz CT molecular complexity index is 306. The first-order valence-corrected chi connectivity index (χ1v) is 6.26. The zero-order valence-electron chi connectivity index (χ0n) is 10.9. The molecule has 0 amide bonds. The van der Waals surface area contributed by atoms with Gasteiger partial charge in [0.1, 0.15) is 16.1 Å². The second kappa shape index (κ2) is 5.59. The lowest BCUT2D eigenvalue weighted by Crippen LogP contribution is -2.55. The summed E-state index contributed by atoms with van der Waals surface area (Å²) in [5, 5.41) is 0. The molecule has 0 unspecified atom stereocenters. The van der Waals surface area contributed by atoms with Crippen molar-refractivity contribution in [3.8, 4) is 0 Å². The fraction of sp³-hybridized carbons (Fsp3) is 0.500. The van der Waals surface area contributed by atoms with Gasteiger partial charge in [0.25, 0.3) is 0 Å². The molecule has 3 nitrogen and oxygen atoms in total. The molecule has 0 atom stereocenters. The predicted molar refractivity (Wildman–Crippen MR) is 71.4 cm³/mol. The van der Waals surface area contributed by atoms with Crippen LogP contribution in [-0.4, -0.2) is 55.1 Å². The average molecular weight is 238 g/mol. The minimum atomic E-state index is -0.178. The van der Waals surface area contributed by atoms with Crippen molar-refractivity contribution in [1.82, 2.24) is 9.80 Å². The van der Waals surface area contributed by atoms with Crippen LogP contribution in [0.25, 0.3) is 0 Å². The SMILES string of the molecule is CN(C)C(CO[SiH3])(c1ccccc1)N(C)C. The van der Waals surface area contributed by atoms with Gasteiger partial charge in [0.15, 0.2) is 0 Å². The van der Waals surface area contributed by atoms with E-state index in [-0.39, 0.29) is 5.66 Å². The van der Waals surface area contributed by atoms with Crippen LogP contribution in [0, 0.1) is 0 Å². The topological polar surface area (TPSA) is 15.7 Å². The fourth-order valence-corrected chi connectivity index (χ4v) is 2.57. The van der Waals surface area contributed by atoms with E-state index in [0.29, 0.717) is 6.61 Å². The quantitative estimate of drug-likeness (QED) is 0.541. The molecule has 0 saturated carbocycles. The zero-order valence-corrected chi connectivity index (χ0v) is 12.9. The highest BCUT2D eigenvalue weighted by Gasteiger charge is 2.36. The van der Waals surface area contributed by atoms with E-state index >= 15 is 0 Å². The number of hydrogen-bond acceptors (Lipinski definition) is 3. The number of hydrogen-bond donors (Lipinski definition) is 0. The van der Waals surface area contributed by atoms with Gasteiger partial charge in [-0.1, -0.05) is 30.3 Å². The molecule has 90 valence electrons. The Morgan fingerprint density at radius 3 is 1.94 bits per heavy atom. The number of benzene rings is 1. The Labute approximate surface area is 102 Å². The summed E-state index contributed by atoms with van der Waals surface area (Å²) in [6, 6.07) is 10.5. The van der Waals surface area contributed by atoms with Crippen molar-refractivity contribution in [1.29, 1.82) is 0 Å². The molecule has 1 aromatic rings. The third-order valence-corrected chi connectivity index (χ3v) is 3.35. The lowest BCUT2D eigenvalue weighted by Gasteiger charge is -2.45. The van der Waals surface area contributed by atoms with Crippen molar-refractivity contribution in [2.45, 2.75) is 5.66 Å². The van der Waals surface area contributed by atoms with Gasteiger partial charge in [0.05, 0.1) is 6.61 Å². The molecule has 16 heavy (non-hydrogen) atoms. The Morgan fingerprint density at radius 2 is 1.56 bits per heavy atom. The molecule has 0 saturated heterocycles. The summed E-state index contributed by atoms with van der Waals surface area (Å²) >= 11 is 0.